The number of benzene rings is 2. The highest BCUT2D eigenvalue weighted by Crippen LogP contribution is 2.27. The number of amides is 1. The normalized spacial score (nSPS) is 10.7. The average molecular weight is 388 g/mol. The summed E-state index contributed by atoms with van der Waals surface area (Å²) in [6, 6.07) is 17.3. The van der Waals surface area contributed by atoms with E-state index in [1.54, 1.807) is 31.1 Å². The van der Waals surface area contributed by atoms with Crippen molar-refractivity contribution in [1.82, 2.24) is 19.9 Å². The largest absolute Gasteiger partial charge is 0.493 e. The standard InChI is InChI=1S/C22H20N4O3/c1-28-19-9-8-15(12-20(19)29-2)13-24-22(27)17-14-25-26-18(10-11-23-21(17)26)16-6-4-3-5-7-16/h3-12,14H,13H2,1-2H3,(H,24,27). The second-order valence-electron chi connectivity index (χ2n) is 6.36. The molecule has 0 aliphatic rings. The molecule has 1 amide bonds. The Hall–Kier alpha value is -3.87. The highest BCUT2D eigenvalue weighted by Gasteiger charge is 2.16. The molecular formula is C22H20N4O3. The first-order valence-corrected chi connectivity index (χ1v) is 9.08. The van der Waals surface area contributed by atoms with E-state index in [0.29, 0.717) is 29.3 Å². The van der Waals surface area contributed by atoms with Crippen molar-refractivity contribution in [2.45, 2.75) is 6.54 Å². The summed E-state index contributed by atoms with van der Waals surface area (Å²) in [5, 5.41) is 7.29. The first-order valence-electron chi connectivity index (χ1n) is 9.08. The van der Waals surface area contributed by atoms with E-state index in [-0.39, 0.29) is 5.91 Å². The van der Waals surface area contributed by atoms with Crippen molar-refractivity contribution in [3.63, 3.8) is 0 Å². The van der Waals surface area contributed by atoms with Gasteiger partial charge in [0.05, 0.1) is 26.1 Å². The zero-order valence-corrected chi connectivity index (χ0v) is 16.1. The van der Waals surface area contributed by atoms with Gasteiger partial charge in [0.2, 0.25) is 0 Å². The molecule has 7 nitrogen and oxygen atoms in total. The predicted octanol–water partition coefficient (Wildman–Crippen LogP) is 3.34. The van der Waals surface area contributed by atoms with Crippen LogP contribution in [0, 0.1) is 0 Å². The first kappa shape index (κ1) is 18.5. The molecule has 7 heteroatoms. The summed E-state index contributed by atoms with van der Waals surface area (Å²) in [5.41, 5.74) is 3.69. The Morgan fingerprint density at radius 1 is 1.03 bits per heavy atom. The number of hydrogen-bond acceptors (Lipinski definition) is 5. The lowest BCUT2D eigenvalue weighted by Crippen LogP contribution is -2.22. The van der Waals surface area contributed by atoms with Crippen LogP contribution in [0.1, 0.15) is 15.9 Å². The molecule has 4 aromatic rings. The van der Waals surface area contributed by atoms with Crippen molar-refractivity contribution in [2.24, 2.45) is 0 Å². The van der Waals surface area contributed by atoms with Crippen LogP contribution in [0.3, 0.4) is 0 Å². The summed E-state index contributed by atoms with van der Waals surface area (Å²) < 4.78 is 12.2. The molecule has 29 heavy (non-hydrogen) atoms. The molecule has 2 aromatic carbocycles. The van der Waals surface area contributed by atoms with Gasteiger partial charge in [0.15, 0.2) is 17.1 Å². The summed E-state index contributed by atoms with van der Waals surface area (Å²) in [7, 11) is 3.16. The van der Waals surface area contributed by atoms with Crippen molar-refractivity contribution in [3.05, 3.63) is 78.1 Å². The Bertz CT molecular complexity index is 1160. The van der Waals surface area contributed by atoms with Crippen LogP contribution in [0.5, 0.6) is 11.5 Å². The highest BCUT2D eigenvalue weighted by atomic mass is 16.5. The summed E-state index contributed by atoms with van der Waals surface area (Å²) >= 11 is 0. The number of methoxy groups -OCH3 is 2. The summed E-state index contributed by atoms with van der Waals surface area (Å²) in [6.45, 7) is 0.342. The molecule has 2 heterocycles. The van der Waals surface area contributed by atoms with Crippen molar-refractivity contribution in [1.29, 1.82) is 0 Å². The number of hydrogen-bond donors (Lipinski definition) is 1. The van der Waals surface area contributed by atoms with Crippen molar-refractivity contribution in [3.8, 4) is 22.8 Å². The van der Waals surface area contributed by atoms with Gasteiger partial charge >= 0.3 is 0 Å². The highest BCUT2D eigenvalue weighted by molar-refractivity contribution is 5.99. The molecule has 0 bridgehead atoms. The monoisotopic (exact) mass is 388 g/mol. The molecular weight excluding hydrogens is 368 g/mol. The summed E-state index contributed by atoms with van der Waals surface area (Å²) in [6.07, 6.45) is 3.23. The number of carbonyl (C=O) groups excluding carboxylic acids is 1. The Labute approximate surface area is 167 Å². The zero-order chi connectivity index (χ0) is 20.2. The third-order valence-corrected chi connectivity index (χ3v) is 4.62. The van der Waals surface area contributed by atoms with Gasteiger partial charge in [0.25, 0.3) is 5.91 Å². The van der Waals surface area contributed by atoms with E-state index in [1.165, 1.54) is 0 Å². The number of ether oxygens (including phenoxy) is 2. The van der Waals surface area contributed by atoms with Gasteiger partial charge in [-0.1, -0.05) is 36.4 Å². The van der Waals surface area contributed by atoms with E-state index in [9.17, 15) is 4.79 Å². The fraction of sp³-hybridized carbons (Fsp3) is 0.136. The van der Waals surface area contributed by atoms with Crippen molar-refractivity contribution < 1.29 is 14.3 Å². The van der Waals surface area contributed by atoms with E-state index in [0.717, 1.165) is 16.8 Å². The molecule has 1 N–H and O–H groups in total. The zero-order valence-electron chi connectivity index (χ0n) is 16.1. The molecule has 0 saturated carbocycles. The van der Waals surface area contributed by atoms with E-state index in [2.05, 4.69) is 15.4 Å². The maximum absolute atomic E-state index is 12.8. The van der Waals surface area contributed by atoms with Gasteiger partial charge in [0, 0.05) is 18.3 Å². The van der Waals surface area contributed by atoms with E-state index in [4.69, 9.17) is 9.47 Å². The third-order valence-electron chi connectivity index (χ3n) is 4.62. The maximum atomic E-state index is 12.8. The van der Waals surface area contributed by atoms with Crippen LogP contribution in [0.15, 0.2) is 67.0 Å². The molecule has 0 atom stereocenters. The van der Waals surface area contributed by atoms with Crippen molar-refractivity contribution >= 4 is 11.6 Å². The van der Waals surface area contributed by atoms with Gasteiger partial charge in [-0.05, 0) is 23.8 Å². The first-order chi connectivity index (χ1) is 14.2. The van der Waals surface area contributed by atoms with Gasteiger partial charge < -0.3 is 14.8 Å². The quantitative estimate of drug-likeness (QED) is 0.548. The Morgan fingerprint density at radius 2 is 1.83 bits per heavy atom. The molecule has 0 saturated heterocycles. The molecule has 0 unspecified atom stereocenters. The molecule has 2 aromatic heterocycles. The molecule has 0 spiro atoms. The van der Waals surface area contributed by atoms with Crippen LogP contribution < -0.4 is 14.8 Å². The predicted molar refractivity (Wildman–Crippen MR) is 109 cm³/mol. The number of fused-ring (bicyclic) bond motifs is 1. The van der Waals surface area contributed by atoms with Crippen LogP contribution in [0.25, 0.3) is 16.9 Å². The Morgan fingerprint density at radius 3 is 2.59 bits per heavy atom. The van der Waals surface area contributed by atoms with Crippen LogP contribution in [-0.2, 0) is 6.54 Å². The Kier molecular flexibility index (Phi) is 5.11. The molecule has 0 radical (unpaired) electrons. The molecule has 0 aliphatic heterocycles. The number of rotatable bonds is 6. The second kappa shape index (κ2) is 8.02. The van der Waals surface area contributed by atoms with E-state index >= 15 is 0 Å². The second-order valence-corrected chi connectivity index (χ2v) is 6.36. The van der Waals surface area contributed by atoms with E-state index < -0.39 is 0 Å². The number of carbonyl (C=O) groups is 1. The SMILES string of the molecule is COc1ccc(CNC(=O)c2cnn3c(-c4ccccc4)ccnc23)cc1OC. The van der Waals surface area contributed by atoms with Gasteiger partial charge in [-0.15, -0.1) is 0 Å². The topological polar surface area (TPSA) is 77.8 Å². The van der Waals surface area contributed by atoms with Gasteiger partial charge in [-0.25, -0.2) is 9.50 Å². The smallest absolute Gasteiger partial charge is 0.257 e. The van der Waals surface area contributed by atoms with Crippen LogP contribution in [-0.4, -0.2) is 34.7 Å². The van der Waals surface area contributed by atoms with Gasteiger partial charge in [-0.2, -0.15) is 5.10 Å². The maximum Gasteiger partial charge on any atom is 0.257 e. The average Bonchev–Trinajstić information content (AvgIpc) is 3.22. The minimum absolute atomic E-state index is 0.243. The summed E-state index contributed by atoms with van der Waals surface area (Å²) in [4.78, 5) is 17.1. The molecule has 0 aliphatic carbocycles. The Balaban J connectivity index is 1.57. The van der Waals surface area contributed by atoms with Crippen molar-refractivity contribution in [2.75, 3.05) is 14.2 Å². The molecule has 146 valence electrons. The fourth-order valence-corrected chi connectivity index (χ4v) is 3.15. The minimum atomic E-state index is -0.243. The number of aromatic nitrogens is 3. The van der Waals surface area contributed by atoms with Crippen LogP contribution in [0.2, 0.25) is 0 Å². The summed E-state index contributed by atoms with van der Waals surface area (Å²) in [5.74, 6) is 1.01. The van der Waals surface area contributed by atoms with E-state index in [1.807, 2.05) is 54.6 Å². The van der Waals surface area contributed by atoms with Gasteiger partial charge in [0.1, 0.15) is 5.56 Å². The fourth-order valence-electron chi connectivity index (χ4n) is 3.15. The third kappa shape index (κ3) is 3.62. The van der Waals surface area contributed by atoms with Crippen LogP contribution in [0.4, 0.5) is 0 Å². The minimum Gasteiger partial charge on any atom is -0.493 e. The molecule has 0 fully saturated rings. The lowest BCUT2D eigenvalue weighted by Gasteiger charge is -2.10. The lowest BCUT2D eigenvalue weighted by atomic mass is 10.1. The number of nitrogens with one attached hydrogen (secondary N) is 1. The van der Waals surface area contributed by atoms with Crippen LogP contribution >= 0.6 is 0 Å². The lowest BCUT2D eigenvalue weighted by molar-refractivity contribution is 0.0952. The van der Waals surface area contributed by atoms with Gasteiger partial charge in [-0.3, -0.25) is 4.79 Å². The molecule has 4 rings (SSSR count). The number of nitrogens with zero attached hydrogens (tertiary/aromatic N) is 3.